The zero-order valence-corrected chi connectivity index (χ0v) is 16.6. The van der Waals surface area contributed by atoms with E-state index in [4.69, 9.17) is 14.2 Å². The van der Waals surface area contributed by atoms with Gasteiger partial charge in [0.25, 0.3) is 5.91 Å². The summed E-state index contributed by atoms with van der Waals surface area (Å²) in [6.07, 6.45) is 3.53. The first-order valence-electron chi connectivity index (χ1n) is 9.51. The maximum Gasteiger partial charge on any atom is 0.257 e. The molecule has 1 amide bonds. The van der Waals surface area contributed by atoms with Crippen LogP contribution >= 0.6 is 0 Å². The molecule has 150 valence electrons. The Balaban J connectivity index is 1.68. The molecule has 1 aromatic heterocycles. The van der Waals surface area contributed by atoms with Crippen LogP contribution in [0.15, 0.2) is 24.5 Å². The molecule has 0 N–H and O–H groups in total. The topological polar surface area (TPSA) is 78.7 Å². The van der Waals surface area contributed by atoms with Gasteiger partial charge >= 0.3 is 0 Å². The lowest BCUT2D eigenvalue weighted by Crippen LogP contribution is -2.37. The summed E-state index contributed by atoms with van der Waals surface area (Å²) >= 11 is 0. The van der Waals surface area contributed by atoms with Crippen LogP contribution in [0.4, 0.5) is 0 Å². The Morgan fingerprint density at radius 3 is 2.68 bits per heavy atom. The molecule has 1 aromatic carbocycles. The van der Waals surface area contributed by atoms with Crippen molar-refractivity contribution in [3.63, 3.8) is 0 Å². The van der Waals surface area contributed by atoms with Crippen molar-refractivity contribution in [2.24, 2.45) is 12.5 Å². The van der Waals surface area contributed by atoms with Gasteiger partial charge in [0.05, 0.1) is 19.8 Å². The van der Waals surface area contributed by atoms with Crippen molar-refractivity contribution in [2.75, 3.05) is 40.5 Å². The van der Waals surface area contributed by atoms with Gasteiger partial charge in [0.15, 0.2) is 11.5 Å². The van der Waals surface area contributed by atoms with Gasteiger partial charge in [0.1, 0.15) is 12.2 Å². The van der Waals surface area contributed by atoms with Crippen molar-refractivity contribution >= 4 is 5.91 Å². The molecular weight excluding hydrogens is 360 g/mol. The Morgan fingerprint density at radius 1 is 1.25 bits per heavy atom. The second kappa shape index (κ2) is 7.43. The highest BCUT2D eigenvalue weighted by Crippen LogP contribution is 2.49. The molecule has 28 heavy (non-hydrogen) atoms. The fourth-order valence-electron chi connectivity index (χ4n) is 4.60. The van der Waals surface area contributed by atoms with E-state index in [-0.39, 0.29) is 17.2 Å². The monoisotopic (exact) mass is 386 g/mol. The molecule has 4 rings (SSSR count). The van der Waals surface area contributed by atoms with Crippen LogP contribution in [0.3, 0.4) is 0 Å². The number of hydrogen-bond acceptors (Lipinski definition) is 6. The maximum absolute atomic E-state index is 13.4. The lowest BCUT2D eigenvalue weighted by molar-refractivity contribution is 0.0108. The van der Waals surface area contributed by atoms with Gasteiger partial charge in [-0.1, -0.05) is 6.07 Å². The second-order valence-corrected chi connectivity index (χ2v) is 7.55. The maximum atomic E-state index is 13.4. The van der Waals surface area contributed by atoms with E-state index in [9.17, 15) is 4.79 Å². The van der Waals surface area contributed by atoms with Crippen LogP contribution in [-0.4, -0.2) is 66.1 Å². The van der Waals surface area contributed by atoms with Gasteiger partial charge in [-0.15, -0.1) is 10.2 Å². The normalized spacial score (nSPS) is 21.1. The number of aryl methyl sites for hydroxylation is 1. The number of ether oxygens (including phenoxy) is 3. The summed E-state index contributed by atoms with van der Waals surface area (Å²) in [4.78, 5) is 15.4. The minimum atomic E-state index is -0.0497. The lowest BCUT2D eigenvalue weighted by Gasteiger charge is -2.37. The minimum absolute atomic E-state index is 0.0409. The summed E-state index contributed by atoms with van der Waals surface area (Å²) in [7, 11) is 5.09. The third kappa shape index (κ3) is 3.01. The number of rotatable bonds is 4. The van der Waals surface area contributed by atoms with Crippen molar-refractivity contribution in [1.82, 2.24) is 19.7 Å². The molecule has 0 saturated carbocycles. The predicted molar refractivity (Wildman–Crippen MR) is 102 cm³/mol. The highest BCUT2D eigenvalue weighted by atomic mass is 16.5. The Morgan fingerprint density at radius 2 is 2.04 bits per heavy atom. The molecule has 3 heterocycles. The van der Waals surface area contributed by atoms with Crippen molar-refractivity contribution in [3.8, 4) is 11.5 Å². The van der Waals surface area contributed by atoms with Crippen molar-refractivity contribution < 1.29 is 19.0 Å². The van der Waals surface area contributed by atoms with Crippen LogP contribution in [0, 0.1) is 5.41 Å². The second-order valence-electron chi connectivity index (χ2n) is 7.55. The number of carbonyl (C=O) groups is 1. The Hall–Kier alpha value is -2.61. The fourth-order valence-corrected chi connectivity index (χ4v) is 4.60. The smallest absolute Gasteiger partial charge is 0.257 e. The third-order valence-corrected chi connectivity index (χ3v) is 6.12. The number of hydrogen-bond donors (Lipinski definition) is 0. The Kier molecular flexibility index (Phi) is 4.97. The highest BCUT2D eigenvalue weighted by molar-refractivity contribution is 5.98. The first kappa shape index (κ1) is 18.7. The van der Waals surface area contributed by atoms with Crippen LogP contribution in [0.1, 0.15) is 34.9 Å². The summed E-state index contributed by atoms with van der Waals surface area (Å²) in [5.74, 6) is 2.03. The summed E-state index contributed by atoms with van der Waals surface area (Å²) in [6, 6.07) is 5.40. The number of para-hydroxylation sites is 1. The van der Waals surface area contributed by atoms with E-state index >= 15 is 0 Å². The molecule has 1 unspecified atom stereocenters. The average molecular weight is 386 g/mol. The molecular formula is C20H26N4O4. The van der Waals surface area contributed by atoms with E-state index < -0.39 is 0 Å². The van der Waals surface area contributed by atoms with Crippen molar-refractivity contribution in [2.45, 2.75) is 18.8 Å². The average Bonchev–Trinajstić information content (AvgIpc) is 3.30. The van der Waals surface area contributed by atoms with Gasteiger partial charge in [-0.25, -0.2) is 0 Å². The molecule has 1 atom stereocenters. The van der Waals surface area contributed by atoms with E-state index in [0.717, 1.165) is 18.7 Å². The molecule has 2 aromatic rings. The number of benzene rings is 1. The van der Waals surface area contributed by atoms with Crippen LogP contribution in [0.5, 0.6) is 11.5 Å². The number of aromatic nitrogens is 3. The minimum Gasteiger partial charge on any atom is -0.493 e. The third-order valence-electron chi connectivity index (χ3n) is 6.12. The quantitative estimate of drug-likeness (QED) is 0.798. The molecule has 2 aliphatic rings. The molecule has 2 fully saturated rings. The van der Waals surface area contributed by atoms with E-state index in [1.54, 1.807) is 32.7 Å². The van der Waals surface area contributed by atoms with Crippen LogP contribution in [0.2, 0.25) is 0 Å². The van der Waals surface area contributed by atoms with Gasteiger partial charge in [-0.3, -0.25) is 4.79 Å². The summed E-state index contributed by atoms with van der Waals surface area (Å²) in [6.45, 7) is 2.69. The van der Waals surface area contributed by atoms with Crippen molar-refractivity contribution in [1.29, 1.82) is 0 Å². The van der Waals surface area contributed by atoms with Gasteiger partial charge in [-0.2, -0.15) is 0 Å². The number of methoxy groups -OCH3 is 2. The SMILES string of the molecule is COc1cccc(C(=O)N2CC(c3nncn3C)C3(CCOCC3)C2)c1OC. The molecule has 2 saturated heterocycles. The summed E-state index contributed by atoms with van der Waals surface area (Å²) in [5.41, 5.74) is 0.475. The van der Waals surface area contributed by atoms with Gasteiger partial charge in [0, 0.05) is 44.7 Å². The molecule has 0 aliphatic carbocycles. The molecule has 2 aliphatic heterocycles. The molecule has 0 radical (unpaired) electrons. The van der Waals surface area contributed by atoms with E-state index in [1.807, 2.05) is 22.6 Å². The molecule has 8 heteroatoms. The highest BCUT2D eigenvalue weighted by Gasteiger charge is 2.51. The molecule has 1 spiro atoms. The number of nitrogens with zero attached hydrogens (tertiary/aromatic N) is 4. The predicted octanol–water partition coefficient (Wildman–Crippen LogP) is 1.87. The lowest BCUT2D eigenvalue weighted by atomic mass is 9.72. The fraction of sp³-hybridized carbons (Fsp3) is 0.550. The standard InChI is InChI=1S/C20H26N4O4/c1-23-13-21-22-18(23)15-11-24(12-20(15)7-9-28-10-8-20)19(25)14-5-4-6-16(26-2)17(14)27-3/h4-6,13,15H,7-12H2,1-3H3. The van der Waals surface area contributed by atoms with Crippen LogP contribution < -0.4 is 9.47 Å². The first-order chi connectivity index (χ1) is 13.6. The zero-order valence-electron chi connectivity index (χ0n) is 16.6. The van der Waals surface area contributed by atoms with E-state index in [1.165, 1.54) is 0 Å². The number of likely N-dealkylation sites (tertiary alicyclic amines) is 1. The van der Waals surface area contributed by atoms with Gasteiger partial charge < -0.3 is 23.7 Å². The van der Waals surface area contributed by atoms with Crippen molar-refractivity contribution in [3.05, 3.63) is 35.9 Å². The summed E-state index contributed by atoms with van der Waals surface area (Å²) in [5, 5.41) is 8.43. The first-order valence-corrected chi connectivity index (χ1v) is 9.51. The van der Waals surface area contributed by atoms with Crippen LogP contribution in [-0.2, 0) is 11.8 Å². The number of amides is 1. The van der Waals surface area contributed by atoms with Gasteiger partial charge in [0.2, 0.25) is 0 Å². The molecule has 8 nitrogen and oxygen atoms in total. The Bertz CT molecular complexity index is 860. The molecule has 0 bridgehead atoms. The van der Waals surface area contributed by atoms with E-state index in [0.29, 0.717) is 43.4 Å². The van der Waals surface area contributed by atoms with E-state index in [2.05, 4.69) is 10.2 Å². The Labute approximate surface area is 164 Å². The van der Waals surface area contributed by atoms with Gasteiger partial charge in [-0.05, 0) is 25.0 Å². The zero-order chi connectivity index (χ0) is 19.7. The number of carbonyl (C=O) groups excluding carboxylic acids is 1. The van der Waals surface area contributed by atoms with Crippen LogP contribution in [0.25, 0.3) is 0 Å². The largest absolute Gasteiger partial charge is 0.493 e. The summed E-state index contributed by atoms with van der Waals surface area (Å²) < 4.78 is 18.4.